The molecule has 2 aliphatic heterocycles. The molecule has 0 saturated carbocycles. The monoisotopic (exact) mass is 439 g/mol. The van der Waals surface area contributed by atoms with Crippen molar-refractivity contribution >= 4 is 29.1 Å². The molecule has 5 nitrogen and oxygen atoms in total. The van der Waals surface area contributed by atoms with Gasteiger partial charge in [0, 0.05) is 12.0 Å². The molecule has 30 heavy (non-hydrogen) atoms. The van der Waals surface area contributed by atoms with Crippen molar-refractivity contribution in [2.24, 2.45) is 0 Å². The molecule has 0 aromatic heterocycles. The largest absolute Gasteiger partial charge is 0.458 e. The van der Waals surface area contributed by atoms with Crippen LogP contribution in [0.3, 0.4) is 0 Å². The molecule has 0 N–H and O–H groups in total. The van der Waals surface area contributed by atoms with E-state index in [0.29, 0.717) is 40.7 Å². The van der Waals surface area contributed by atoms with Gasteiger partial charge in [-0.1, -0.05) is 23.7 Å². The topological polar surface area (TPSA) is 48.0 Å². The van der Waals surface area contributed by atoms with Crippen molar-refractivity contribution in [1.29, 1.82) is 0 Å². The van der Waals surface area contributed by atoms with Crippen LogP contribution in [-0.4, -0.2) is 25.5 Å². The predicted octanol–water partition coefficient (Wildman–Crippen LogP) is 5.54. The van der Waals surface area contributed by atoms with Crippen LogP contribution in [0.1, 0.15) is 22.3 Å². The van der Waals surface area contributed by atoms with Crippen LogP contribution in [0.15, 0.2) is 42.7 Å². The highest BCUT2D eigenvalue weighted by Crippen LogP contribution is 2.36. The maximum atomic E-state index is 13.1. The Labute approximate surface area is 175 Å². The summed E-state index contributed by atoms with van der Waals surface area (Å²) in [7, 11) is 0. The third-order valence-corrected chi connectivity index (χ3v) is 5.31. The number of carbonyl (C=O) groups is 1. The predicted molar refractivity (Wildman–Crippen MR) is 104 cm³/mol. The van der Waals surface area contributed by atoms with Crippen molar-refractivity contribution in [2.75, 3.05) is 18.1 Å². The van der Waals surface area contributed by atoms with E-state index in [1.54, 1.807) is 24.3 Å². The summed E-state index contributed by atoms with van der Waals surface area (Å²) in [6, 6.07) is 9.08. The van der Waals surface area contributed by atoms with Crippen LogP contribution in [0.4, 0.5) is 23.7 Å². The van der Waals surface area contributed by atoms with E-state index in [1.165, 1.54) is 24.2 Å². The zero-order valence-electron chi connectivity index (χ0n) is 15.8. The summed E-state index contributed by atoms with van der Waals surface area (Å²) >= 11 is 6.32. The molecule has 2 aromatic carbocycles. The number of rotatable bonds is 4. The number of hydrogen-bond donors (Lipinski definition) is 0. The van der Waals surface area contributed by atoms with Gasteiger partial charge in [0.25, 0.3) is 0 Å². The number of alkyl halides is 3. The molecule has 1 fully saturated rings. The maximum absolute atomic E-state index is 13.1. The molecule has 1 saturated heterocycles. The minimum Gasteiger partial charge on any atom is -0.458 e. The molecule has 158 valence electrons. The fourth-order valence-corrected chi connectivity index (χ4v) is 3.73. The number of anilines is 1. The lowest BCUT2D eigenvalue weighted by molar-refractivity contribution is -0.138. The molecule has 0 radical (unpaired) electrons. The second-order valence-electron chi connectivity index (χ2n) is 6.89. The van der Waals surface area contributed by atoms with Gasteiger partial charge in [0.05, 0.1) is 22.8 Å². The van der Waals surface area contributed by atoms with E-state index in [9.17, 15) is 18.0 Å². The quantitative estimate of drug-likeness (QED) is 0.627. The van der Waals surface area contributed by atoms with Crippen molar-refractivity contribution in [3.05, 3.63) is 69.9 Å². The van der Waals surface area contributed by atoms with Crippen LogP contribution in [0, 0.1) is 6.92 Å². The standard InChI is InChI=1S/C21H17ClF3NO4/c1-12-13(3-2-4-15(12)21(23,24)25)10-19-29-11-18(30-19)14-5-6-17(16(22)9-14)26-7-8-28-20(26)27/h2-6,9,11,19H,7-8,10H2,1H3. The van der Waals surface area contributed by atoms with E-state index < -0.39 is 24.1 Å². The molecule has 0 bridgehead atoms. The minimum atomic E-state index is -4.42. The van der Waals surface area contributed by atoms with Gasteiger partial charge in [-0.15, -0.1) is 0 Å². The molecule has 2 aliphatic rings. The lowest BCUT2D eigenvalue weighted by Crippen LogP contribution is -2.23. The summed E-state index contributed by atoms with van der Waals surface area (Å²) < 4.78 is 55.5. The van der Waals surface area contributed by atoms with E-state index in [1.807, 2.05) is 0 Å². The average Bonchev–Trinajstić information content (AvgIpc) is 3.31. The van der Waals surface area contributed by atoms with Gasteiger partial charge in [-0.25, -0.2) is 4.79 Å². The van der Waals surface area contributed by atoms with Gasteiger partial charge in [-0.3, -0.25) is 4.90 Å². The Morgan fingerprint density at radius 2 is 2.03 bits per heavy atom. The van der Waals surface area contributed by atoms with Crippen molar-refractivity contribution in [2.45, 2.75) is 25.8 Å². The number of cyclic esters (lactones) is 1. The van der Waals surface area contributed by atoms with E-state index in [-0.39, 0.29) is 12.0 Å². The zero-order chi connectivity index (χ0) is 21.5. The highest BCUT2D eigenvalue weighted by molar-refractivity contribution is 6.34. The number of carbonyl (C=O) groups excluding carboxylic acids is 1. The first-order valence-electron chi connectivity index (χ1n) is 9.16. The van der Waals surface area contributed by atoms with Gasteiger partial charge in [0.15, 0.2) is 5.76 Å². The van der Waals surface area contributed by atoms with Crippen molar-refractivity contribution in [3.63, 3.8) is 0 Å². The number of benzene rings is 2. The Kier molecular flexibility index (Phi) is 5.27. The molecule has 1 atom stereocenters. The Balaban J connectivity index is 1.46. The molecule has 0 aliphatic carbocycles. The third-order valence-electron chi connectivity index (χ3n) is 5.01. The van der Waals surface area contributed by atoms with E-state index in [0.717, 1.165) is 6.07 Å². The smallest absolute Gasteiger partial charge is 0.416 e. The first-order chi connectivity index (χ1) is 14.2. The Bertz CT molecular complexity index is 1020. The number of ether oxygens (including phenoxy) is 3. The van der Waals surface area contributed by atoms with E-state index in [2.05, 4.69) is 0 Å². The Morgan fingerprint density at radius 1 is 1.23 bits per heavy atom. The first-order valence-corrected chi connectivity index (χ1v) is 9.54. The SMILES string of the molecule is Cc1c(CC2OC=C(c3ccc(N4CCOC4=O)c(Cl)c3)O2)cccc1C(F)(F)F. The van der Waals surface area contributed by atoms with Crippen LogP contribution in [-0.2, 0) is 26.8 Å². The summed E-state index contributed by atoms with van der Waals surface area (Å²) in [6.07, 6.45) is -4.07. The van der Waals surface area contributed by atoms with Crippen molar-refractivity contribution in [1.82, 2.24) is 0 Å². The van der Waals surface area contributed by atoms with Gasteiger partial charge in [-0.05, 0) is 42.3 Å². The lowest BCUT2D eigenvalue weighted by atomic mass is 9.99. The number of hydrogen-bond acceptors (Lipinski definition) is 4. The maximum Gasteiger partial charge on any atom is 0.416 e. The van der Waals surface area contributed by atoms with Crippen molar-refractivity contribution < 1.29 is 32.2 Å². The van der Waals surface area contributed by atoms with E-state index >= 15 is 0 Å². The van der Waals surface area contributed by atoms with Gasteiger partial charge in [0.2, 0.25) is 6.29 Å². The molecule has 4 rings (SSSR count). The Morgan fingerprint density at radius 3 is 2.70 bits per heavy atom. The lowest BCUT2D eigenvalue weighted by Gasteiger charge is -2.17. The highest BCUT2D eigenvalue weighted by atomic mass is 35.5. The van der Waals surface area contributed by atoms with Gasteiger partial charge in [-0.2, -0.15) is 13.2 Å². The average molecular weight is 440 g/mol. The van der Waals surface area contributed by atoms with Crippen LogP contribution >= 0.6 is 11.6 Å². The van der Waals surface area contributed by atoms with Gasteiger partial charge in [0.1, 0.15) is 12.9 Å². The number of nitrogens with zero attached hydrogens (tertiary/aromatic N) is 1. The molecule has 1 amide bonds. The number of halogens is 4. The van der Waals surface area contributed by atoms with Crippen molar-refractivity contribution in [3.8, 4) is 0 Å². The zero-order valence-corrected chi connectivity index (χ0v) is 16.6. The summed E-state index contributed by atoms with van der Waals surface area (Å²) in [5.74, 6) is 0.405. The summed E-state index contributed by atoms with van der Waals surface area (Å²) in [6.45, 7) is 2.15. The first kappa shape index (κ1) is 20.4. The number of amides is 1. The molecular formula is C21H17ClF3NO4. The summed E-state index contributed by atoms with van der Waals surface area (Å²) in [4.78, 5) is 13.2. The van der Waals surface area contributed by atoms with Crippen LogP contribution in [0.2, 0.25) is 5.02 Å². The third kappa shape index (κ3) is 3.92. The summed E-state index contributed by atoms with van der Waals surface area (Å²) in [5, 5.41) is 0.341. The molecule has 2 heterocycles. The van der Waals surface area contributed by atoms with Gasteiger partial charge >= 0.3 is 12.3 Å². The molecular weight excluding hydrogens is 423 g/mol. The molecule has 9 heteroatoms. The summed E-state index contributed by atoms with van der Waals surface area (Å²) in [5.41, 5.74) is 1.12. The van der Waals surface area contributed by atoms with Crippen LogP contribution in [0.25, 0.3) is 5.76 Å². The van der Waals surface area contributed by atoms with Crippen LogP contribution in [0.5, 0.6) is 0 Å². The minimum absolute atomic E-state index is 0.149. The molecule has 1 unspecified atom stereocenters. The second-order valence-corrected chi connectivity index (χ2v) is 7.30. The second kappa shape index (κ2) is 7.75. The van der Waals surface area contributed by atoms with Gasteiger partial charge < -0.3 is 14.2 Å². The van der Waals surface area contributed by atoms with E-state index in [4.69, 9.17) is 25.8 Å². The Hall–Kier alpha value is -2.87. The fourth-order valence-electron chi connectivity index (χ4n) is 3.44. The highest BCUT2D eigenvalue weighted by Gasteiger charge is 2.33. The molecule has 2 aromatic rings. The fraction of sp³-hybridized carbons (Fsp3) is 0.286. The molecule has 0 spiro atoms. The van der Waals surface area contributed by atoms with Crippen LogP contribution < -0.4 is 4.90 Å². The normalized spacial score (nSPS) is 18.7.